The van der Waals surface area contributed by atoms with Crippen molar-refractivity contribution in [2.45, 2.75) is 19.4 Å². The van der Waals surface area contributed by atoms with Gasteiger partial charge >= 0.3 is 0 Å². The number of likely N-dealkylation sites (N-methyl/N-ethyl adjacent to an activating group) is 1. The van der Waals surface area contributed by atoms with Gasteiger partial charge in [0.1, 0.15) is 5.75 Å². The number of phenols is 1. The Bertz CT molecular complexity index is 425. The number of nitrogens with one attached hydrogen (secondary N) is 1. The van der Waals surface area contributed by atoms with Gasteiger partial charge in [0.05, 0.1) is 0 Å². The first-order valence-corrected chi connectivity index (χ1v) is 5.87. The number of carbonyl (C=O) groups excluding carboxylic acids is 1. The maximum atomic E-state index is 12.2. The van der Waals surface area contributed by atoms with Gasteiger partial charge in [0.25, 0.3) is 5.91 Å². The highest BCUT2D eigenvalue weighted by atomic mass is 16.3. The van der Waals surface area contributed by atoms with Gasteiger partial charge in [-0.25, -0.2) is 0 Å². The molecule has 2 rings (SSSR count). The smallest absolute Gasteiger partial charge is 0.254 e. The van der Waals surface area contributed by atoms with Crippen molar-refractivity contribution in [1.82, 2.24) is 10.2 Å². The number of nitrogens with zero attached hydrogens (tertiary/aromatic N) is 1. The molecular formula is C13H18N2O2. The Morgan fingerprint density at radius 2 is 2.29 bits per heavy atom. The van der Waals surface area contributed by atoms with Gasteiger partial charge < -0.3 is 15.3 Å². The average Bonchev–Trinajstić information content (AvgIpc) is 2.84. The van der Waals surface area contributed by atoms with Crippen molar-refractivity contribution < 1.29 is 9.90 Å². The summed E-state index contributed by atoms with van der Waals surface area (Å²) in [5, 5.41) is 12.8. The quantitative estimate of drug-likeness (QED) is 0.806. The van der Waals surface area contributed by atoms with Crippen molar-refractivity contribution in [2.24, 2.45) is 0 Å². The van der Waals surface area contributed by atoms with Crippen LogP contribution in [0.15, 0.2) is 18.2 Å². The first-order chi connectivity index (χ1) is 8.09. The van der Waals surface area contributed by atoms with E-state index in [-0.39, 0.29) is 17.7 Å². The highest BCUT2D eigenvalue weighted by Crippen LogP contribution is 2.19. The summed E-state index contributed by atoms with van der Waals surface area (Å²) in [5.41, 5.74) is 1.33. The highest BCUT2D eigenvalue weighted by molar-refractivity contribution is 5.94. The molecule has 0 radical (unpaired) electrons. The molecule has 92 valence electrons. The number of rotatable bonds is 2. The Balaban J connectivity index is 2.15. The minimum atomic E-state index is -0.0333. The number of benzene rings is 1. The van der Waals surface area contributed by atoms with Crippen molar-refractivity contribution in [3.05, 3.63) is 29.3 Å². The van der Waals surface area contributed by atoms with Gasteiger partial charge in [-0.2, -0.15) is 0 Å². The largest absolute Gasteiger partial charge is 0.508 e. The summed E-state index contributed by atoms with van der Waals surface area (Å²) in [6.45, 7) is 3.62. The van der Waals surface area contributed by atoms with Gasteiger partial charge in [-0.1, -0.05) is 6.07 Å². The van der Waals surface area contributed by atoms with Crippen LogP contribution in [0.4, 0.5) is 0 Å². The molecule has 1 aliphatic rings. The molecule has 1 aromatic rings. The fraction of sp³-hybridized carbons (Fsp3) is 0.462. The van der Waals surface area contributed by atoms with Gasteiger partial charge in [-0.05, 0) is 37.6 Å². The molecule has 17 heavy (non-hydrogen) atoms. The molecule has 0 aliphatic carbocycles. The third kappa shape index (κ3) is 2.42. The lowest BCUT2D eigenvalue weighted by Crippen LogP contribution is -2.38. The van der Waals surface area contributed by atoms with Crippen molar-refractivity contribution in [1.29, 1.82) is 0 Å². The van der Waals surface area contributed by atoms with E-state index in [0.29, 0.717) is 5.56 Å². The van der Waals surface area contributed by atoms with E-state index >= 15 is 0 Å². The molecule has 1 unspecified atom stereocenters. The summed E-state index contributed by atoms with van der Waals surface area (Å²) in [7, 11) is 1.82. The summed E-state index contributed by atoms with van der Waals surface area (Å²) >= 11 is 0. The number of aryl methyl sites for hydroxylation is 1. The van der Waals surface area contributed by atoms with Crippen molar-refractivity contribution >= 4 is 5.91 Å². The third-order valence-electron chi connectivity index (χ3n) is 3.36. The molecular weight excluding hydrogens is 216 g/mol. The van der Waals surface area contributed by atoms with Crippen LogP contribution in [0.3, 0.4) is 0 Å². The Hall–Kier alpha value is -1.55. The molecule has 0 spiro atoms. The summed E-state index contributed by atoms with van der Waals surface area (Å²) < 4.78 is 0. The Morgan fingerprint density at radius 3 is 2.88 bits per heavy atom. The van der Waals surface area contributed by atoms with E-state index in [1.54, 1.807) is 17.0 Å². The van der Waals surface area contributed by atoms with Crippen LogP contribution >= 0.6 is 0 Å². The van der Waals surface area contributed by atoms with E-state index in [2.05, 4.69) is 5.32 Å². The molecule has 4 nitrogen and oxygen atoms in total. The molecule has 1 fully saturated rings. The number of carbonyl (C=O) groups is 1. The number of hydrogen-bond acceptors (Lipinski definition) is 3. The second kappa shape index (κ2) is 4.75. The second-order valence-electron chi connectivity index (χ2n) is 4.56. The van der Waals surface area contributed by atoms with Crippen LogP contribution in [0, 0.1) is 6.92 Å². The van der Waals surface area contributed by atoms with Crippen LogP contribution in [0.1, 0.15) is 22.3 Å². The summed E-state index contributed by atoms with van der Waals surface area (Å²) in [5.74, 6) is 0.141. The van der Waals surface area contributed by atoms with E-state index in [0.717, 1.165) is 25.1 Å². The summed E-state index contributed by atoms with van der Waals surface area (Å²) in [6.07, 6.45) is 0.986. The lowest BCUT2D eigenvalue weighted by atomic mass is 10.1. The van der Waals surface area contributed by atoms with Crippen molar-refractivity contribution in [3.8, 4) is 5.75 Å². The van der Waals surface area contributed by atoms with E-state index < -0.39 is 0 Å². The van der Waals surface area contributed by atoms with Gasteiger partial charge in [0.2, 0.25) is 0 Å². The van der Waals surface area contributed by atoms with Gasteiger partial charge in [-0.3, -0.25) is 4.79 Å². The highest BCUT2D eigenvalue weighted by Gasteiger charge is 2.24. The maximum absolute atomic E-state index is 12.2. The molecule has 0 saturated carbocycles. The zero-order valence-electron chi connectivity index (χ0n) is 10.2. The van der Waals surface area contributed by atoms with Crippen LogP contribution in [0.25, 0.3) is 0 Å². The zero-order valence-corrected chi connectivity index (χ0v) is 10.2. The molecule has 0 bridgehead atoms. The van der Waals surface area contributed by atoms with Crippen molar-refractivity contribution in [2.75, 3.05) is 20.1 Å². The predicted octanol–water partition coefficient (Wildman–Crippen LogP) is 1.13. The number of phenolic OH excluding ortho intramolecular Hbond substituents is 1. The maximum Gasteiger partial charge on any atom is 0.254 e. The van der Waals surface area contributed by atoms with Gasteiger partial charge in [0.15, 0.2) is 0 Å². The topological polar surface area (TPSA) is 52.6 Å². The normalized spacial score (nSPS) is 19.3. The predicted molar refractivity (Wildman–Crippen MR) is 66.2 cm³/mol. The zero-order chi connectivity index (χ0) is 12.4. The lowest BCUT2D eigenvalue weighted by Gasteiger charge is -2.23. The molecule has 1 heterocycles. The van der Waals surface area contributed by atoms with Crippen LogP contribution in [-0.2, 0) is 0 Å². The van der Waals surface area contributed by atoms with E-state index in [1.165, 1.54) is 6.07 Å². The molecule has 1 saturated heterocycles. The van der Waals surface area contributed by atoms with E-state index in [1.807, 2.05) is 14.0 Å². The molecule has 4 heteroatoms. The van der Waals surface area contributed by atoms with Gasteiger partial charge in [-0.15, -0.1) is 0 Å². The Kier molecular flexibility index (Phi) is 3.33. The van der Waals surface area contributed by atoms with Gasteiger partial charge in [0, 0.05) is 25.2 Å². The number of aromatic hydroxyl groups is 1. The third-order valence-corrected chi connectivity index (χ3v) is 3.36. The molecule has 1 amide bonds. The van der Waals surface area contributed by atoms with E-state index in [4.69, 9.17) is 0 Å². The van der Waals surface area contributed by atoms with Crippen LogP contribution in [0.5, 0.6) is 5.75 Å². The first-order valence-electron chi connectivity index (χ1n) is 5.87. The fourth-order valence-electron chi connectivity index (χ4n) is 2.08. The van der Waals surface area contributed by atoms with Crippen LogP contribution in [-0.4, -0.2) is 42.1 Å². The second-order valence-corrected chi connectivity index (χ2v) is 4.56. The lowest BCUT2D eigenvalue weighted by molar-refractivity contribution is 0.0743. The summed E-state index contributed by atoms with van der Waals surface area (Å²) in [4.78, 5) is 13.9. The van der Waals surface area contributed by atoms with Crippen LogP contribution in [0.2, 0.25) is 0 Å². The van der Waals surface area contributed by atoms with E-state index in [9.17, 15) is 9.90 Å². The first kappa shape index (κ1) is 11.9. The molecule has 1 aliphatic heterocycles. The average molecular weight is 234 g/mol. The fourth-order valence-corrected chi connectivity index (χ4v) is 2.08. The van der Waals surface area contributed by atoms with Crippen LogP contribution < -0.4 is 5.32 Å². The summed E-state index contributed by atoms with van der Waals surface area (Å²) in [6, 6.07) is 5.32. The van der Waals surface area contributed by atoms with Crippen molar-refractivity contribution in [3.63, 3.8) is 0 Å². The Morgan fingerprint density at radius 1 is 1.53 bits per heavy atom. The SMILES string of the molecule is Cc1ccc(C(=O)N(C)C2CCNC2)cc1O. The standard InChI is InChI=1S/C13H18N2O2/c1-9-3-4-10(7-12(9)16)13(17)15(2)11-5-6-14-8-11/h3-4,7,11,14,16H,5-6,8H2,1-2H3. The molecule has 0 aromatic heterocycles. The number of hydrogen-bond donors (Lipinski definition) is 2. The Labute approximate surface area is 101 Å². The molecule has 1 aromatic carbocycles. The molecule has 2 N–H and O–H groups in total. The number of amides is 1. The molecule has 1 atom stereocenters. The monoisotopic (exact) mass is 234 g/mol. The minimum absolute atomic E-state index is 0.0333. The minimum Gasteiger partial charge on any atom is -0.508 e.